The lowest BCUT2D eigenvalue weighted by molar-refractivity contribution is -0.125. The van der Waals surface area contributed by atoms with Crippen molar-refractivity contribution in [3.63, 3.8) is 0 Å². The molecule has 1 fully saturated rings. The van der Waals surface area contributed by atoms with Crippen LogP contribution in [-0.4, -0.2) is 50.3 Å². The third-order valence-corrected chi connectivity index (χ3v) is 8.26. The Hall–Kier alpha value is -1.64. The number of halogens is 1. The molecular weight excluding hydrogens is 428 g/mol. The smallest absolute Gasteiger partial charge is 0.340 e. The van der Waals surface area contributed by atoms with Crippen molar-refractivity contribution in [2.75, 3.05) is 19.7 Å². The summed E-state index contributed by atoms with van der Waals surface area (Å²) in [6.07, 6.45) is 3.11. The van der Waals surface area contributed by atoms with Crippen LogP contribution in [0, 0.1) is 11.8 Å². The highest BCUT2D eigenvalue weighted by molar-refractivity contribution is 7.89. The summed E-state index contributed by atoms with van der Waals surface area (Å²) in [6, 6.07) is 3.96. The van der Waals surface area contributed by atoms with Crippen LogP contribution < -0.4 is 5.32 Å². The Kier molecular flexibility index (Phi) is 8.70. The van der Waals surface area contributed by atoms with Crippen molar-refractivity contribution in [1.29, 1.82) is 0 Å². The molecule has 1 N–H and O–H groups in total. The summed E-state index contributed by atoms with van der Waals surface area (Å²) >= 11 is 6.08. The monoisotopic (exact) mass is 458 g/mol. The number of carbonyl (C=O) groups is 2. The van der Waals surface area contributed by atoms with Gasteiger partial charge in [0.2, 0.25) is 10.0 Å². The van der Waals surface area contributed by atoms with Crippen LogP contribution >= 0.6 is 11.6 Å². The fourth-order valence-electron chi connectivity index (χ4n) is 3.78. The number of ether oxygens (including phenoxy) is 1. The number of hydrogen-bond donors (Lipinski definition) is 1. The minimum Gasteiger partial charge on any atom is -0.452 e. The first kappa shape index (κ1) is 24.6. The van der Waals surface area contributed by atoms with E-state index >= 15 is 0 Å². The first-order valence-corrected chi connectivity index (χ1v) is 12.2. The number of benzene rings is 1. The Morgan fingerprint density at radius 1 is 1.20 bits per heavy atom. The zero-order valence-electron chi connectivity index (χ0n) is 18.0. The first-order valence-electron chi connectivity index (χ1n) is 10.4. The molecule has 0 radical (unpaired) electrons. The average Bonchev–Trinajstić information content (AvgIpc) is 2.70. The molecule has 3 atom stereocenters. The minimum absolute atomic E-state index is 0.0444. The maximum Gasteiger partial charge on any atom is 0.340 e. The molecule has 1 aliphatic carbocycles. The molecule has 168 valence electrons. The third-order valence-electron chi connectivity index (χ3n) is 5.89. The number of sulfonamides is 1. The highest BCUT2D eigenvalue weighted by Crippen LogP contribution is 2.29. The predicted octanol–water partition coefficient (Wildman–Crippen LogP) is 3.47. The highest BCUT2D eigenvalue weighted by atomic mass is 35.5. The Labute approximate surface area is 184 Å². The van der Waals surface area contributed by atoms with Gasteiger partial charge in [-0.05, 0) is 36.5 Å². The second-order valence-electron chi connectivity index (χ2n) is 7.75. The lowest BCUT2D eigenvalue weighted by Gasteiger charge is -2.34. The summed E-state index contributed by atoms with van der Waals surface area (Å²) in [7, 11) is -3.75. The summed E-state index contributed by atoms with van der Waals surface area (Å²) in [5.74, 6) is -0.329. The van der Waals surface area contributed by atoms with Crippen LogP contribution in [0.3, 0.4) is 0 Å². The summed E-state index contributed by atoms with van der Waals surface area (Å²) < 4.78 is 31.8. The van der Waals surface area contributed by atoms with Gasteiger partial charge in [-0.2, -0.15) is 4.31 Å². The van der Waals surface area contributed by atoms with Gasteiger partial charge in [0.1, 0.15) is 0 Å². The molecule has 30 heavy (non-hydrogen) atoms. The van der Waals surface area contributed by atoms with Crippen LogP contribution in [-0.2, 0) is 19.6 Å². The summed E-state index contributed by atoms with van der Waals surface area (Å²) in [5, 5.41) is 3.00. The average molecular weight is 459 g/mol. The normalized spacial score (nSPS) is 22.0. The molecule has 0 heterocycles. The number of amides is 1. The molecule has 0 bridgehead atoms. The standard InChI is InChI=1S/C21H31ClN2O5S/c1-5-24(6-2)30(27,28)16-10-11-18(22)17(12-16)21(26)29-13-20(25)23-19-9-7-8-14(3)15(19)4/h10-12,14-15,19H,5-9,13H2,1-4H3,(H,23,25). The van der Waals surface area contributed by atoms with Gasteiger partial charge in [-0.25, -0.2) is 13.2 Å². The molecule has 1 saturated carbocycles. The van der Waals surface area contributed by atoms with E-state index in [2.05, 4.69) is 19.2 Å². The fraction of sp³-hybridized carbons (Fsp3) is 0.619. The predicted molar refractivity (Wildman–Crippen MR) is 116 cm³/mol. The summed E-state index contributed by atoms with van der Waals surface area (Å²) in [6.45, 7) is 7.92. The van der Waals surface area contributed by atoms with Gasteiger partial charge in [0.15, 0.2) is 6.61 Å². The highest BCUT2D eigenvalue weighted by Gasteiger charge is 2.29. The van der Waals surface area contributed by atoms with E-state index in [-0.39, 0.29) is 27.4 Å². The van der Waals surface area contributed by atoms with Crippen molar-refractivity contribution < 1.29 is 22.7 Å². The van der Waals surface area contributed by atoms with Crippen LogP contribution in [0.15, 0.2) is 23.1 Å². The van der Waals surface area contributed by atoms with Gasteiger partial charge in [-0.1, -0.05) is 52.1 Å². The van der Waals surface area contributed by atoms with E-state index < -0.39 is 22.6 Å². The molecule has 1 aromatic rings. The Morgan fingerprint density at radius 2 is 1.87 bits per heavy atom. The molecular formula is C21H31ClN2O5S. The van der Waals surface area contributed by atoms with Crippen molar-refractivity contribution in [2.24, 2.45) is 11.8 Å². The molecule has 0 aromatic heterocycles. The molecule has 0 saturated heterocycles. The number of hydrogen-bond acceptors (Lipinski definition) is 5. The lowest BCUT2D eigenvalue weighted by Crippen LogP contribution is -2.45. The maximum absolute atomic E-state index is 12.7. The van der Waals surface area contributed by atoms with Crippen LogP contribution in [0.25, 0.3) is 0 Å². The Morgan fingerprint density at radius 3 is 2.50 bits per heavy atom. The van der Waals surface area contributed by atoms with E-state index in [0.717, 1.165) is 19.3 Å². The maximum atomic E-state index is 12.7. The van der Waals surface area contributed by atoms with Crippen LogP contribution in [0.5, 0.6) is 0 Å². The van der Waals surface area contributed by atoms with E-state index in [4.69, 9.17) is 16.3 Å². The number of rotatable bonds is 8. The van der Waals surface area contributed by atoms with E-state index in [1.165, 1.54) is 22.5 Å². The molecule has 7 nitrogen and oxygen atoms in total. The van der Waals surface area contributed by atoms with Gasteiger partial charge < -0.3 is 10.1 Å². The van der Waals surface area contributed by atoms with Crippen molar-refractivity contribution in [3.05, 3.63) is 28.8 Å². The number of nitrogens with one attached hydrogen (secondary N) is 1. The van der Waals surface area contributed by atoms with E-state index in [9.17, 15) is 18.0 Å². The van der Waals surface area contributed by atoms with Crippen molar-refractivity contribution >= 4 is 33.5 Å². The van der Waals surface area contributed by atoms with Crippen LogP contribution in [0.1, 0.15) is 57.3 Å². The van der Waals surface area contributed by atoms with Gasteiger partial charge in [-0.3, -0.25) is 4.79 Å². The first-order chi connectivity index (χ1) is 14.1. The van der Waals surface area contributed by atoms with Gasteiger partial charge in [-0.15, -0.1) is 0 Å². The van der Waals surface area contributed by atoms with Crippen molar-refractivity contribution in [2.45, 2.75) is 57.9 Å². The molecule has 0 spiro atoms. The lowest BCUT2D eigenvalue weighted by atomic mass is 9.78. The number of carbonyl (C=O) groups excluding carboxylic acids is 2. The topological polar surface area (TPSA) is 92.8 Å². The summed E-state index contributed by atoms with van der Waals surface area (Å²) in [5.41, 5.74) is -0.0858. The van der Waals surface area contributed by atoms with E-state index in [1.54, 1.807) is 13.8 Å². The van der Waals surface area contributed by atoms with E-state index in [0.29, 0.717) is 24.9 Å². The molecule has 0 aliphatic heterocycles. The van der Waals surface area contributed by atoms with Crippen molar-refractivity contribution in [1.82, 2.24) is 9.62 Å². The van der Waals surface area contributed by atoms with E-state index in [1.807, 2.05) is 0 Å². The second-order valence-corrected chi connectivity index (χ2v) is 10.1. The minimum atomic E-state index is -3.75. The van der Waals surface area contributed by atoms with Gasteiger partial charge in [0.25, 0.3) is 5.91 Å². The largest absolute Gasteiger partial charge is 0.452 e. The molecule has 3 unspecified atom stereocenters. The van der Waals surface area contributed by atoms with Crippen molar-refractivity contribution in [3.8, 4) is 0 Å². The van der Waals surface area contributed by atoms with Gasteiger partial charge in [0.05, 0.1) is 15.5 Å². The van der Waals surface area contributed by atoms with Crippen LogP contribution in [0.4, 0.5) is 0 Å². The Balaban J connectivity index is 2.05. The Bertz CT molecular complexity index is 870. The summed E-state index contributed by atoms with van der Waals surface area (Å²) in [4.78, 5) is 24.7. The zero-order valence-corrected chi connectivity index (χ0v) is 19.6. The second kappa shape index (κ2) is 10.6. The number of nitrogens with zero attached hydrogens (tertiary/aromatic N) is 1. The molecule has 2 rings (SSSR count). The van der Waals surface area contributed by atoms with Crippen LogP contribution in [0.2, 0.25) is 5.02 Å². The number of esters is 1. The quantitative estimate of drug-likeness (QED) is 0.602. The van der Waals surface area contributed by atoms with Gasteiger partial charge >= 0.3 is 5.97 Å². The molecule has 9 heteroatoms. The zero-order chi connectivity index (χ0) is 22.5. The molecule has 1 aromatic carbocycles. The fourth-order valence-corrected chi connectivity index (χ4v) is 5.46. The third kappa shape index (κ3) is 5.74. The molecule has 1 aliphatic rings. The SMILES string of the molecule is CCN(CC)S(=O)(=O)c1ccc(Cl)c(C(=O)OCC(=O)NC2CCCC(C)C2C)c1. The van der Waals surface area contributed by atoms with Gasteiger partial charge in [0, 0.05) is 19.1 Å². The molecule has 1 amide bonds.